The first-order valence-electron chi connectivity index (χ1n) is 8.69. The molecule has 0 saturated heterocycles. The van der Waals surface area contributed by atoms with Gasteiger partial charge in [0.2, 0.25) is 0 Å². The van der Waals surface area contributed by atoms with E-state index in [0.29, 0.717) is 5.56 Å². The number of carbonyl (C=O) groups excluding carboxylic acids is 1. The number of carbonyl (C=O) groups is 1. The zero-order valence-electron chi connectivity index (χ0n) is 15.5. The van der Waals surface area contributed by atoms with Crippen LogP contribution < -0.4 is 4.74 Å². The molecule has 0 aliphatic carbocycles. The highest BCUT2D eigenvalue weighted by atomic mass is 16.5. The number of rotatable bonds is 3. The van der Waals surface area contributed by atoms with Gasteiger partial charge in [0.25, 0.3) is 0 Å². The maximum absolute atomic E-state index is 11.4. The van der Waals surface area contributed by atoms with Crippen LogP contribution in [0.2, 0.25) is 0 Å². The highest BCUT2D eigenvalue weighted by Gasteiger charge is 2.16. The van der Waals surface area contributed by atoms with E-state index in [4.69, 9.17) is 4.74 Å². The third-order valence-corrected chi connectivity index (χ3v) is 4.99. The lowest BCUT2D eigenvalue weighted by atomic mass is 10.0. The Morgan fingerprint density at radius 3 is 2.08 bits per heavy atom. The molecule has 3 heteroatoms. The predicted octanol–water partition coefficient (Wildman–Crippen LogP) is 5.53. The number of aromatic nitrogens is 1. The van der Waals surface area contributed by atoms with Gasteiger partial charge in [-0.25, -0.2) is 0 Å². The Bertz CT molecular complexity index is 1140. The molecule has 0 atom stereocenters. The molecule has 4 rings (SSSR count). The van der Waals surface area contributed by atoms with Crippen molar-refractivity contribution in [3.8, 4) is 11.4 Å². The Hall–Kier alpha value is -3.07. The molecule has 0 saturated carbocycles. The Morgan fingerprint density at radius 1 is 0.846 bits per heavy atom. The maximum Gasteiger partial charge on any atom is 0.150 e. The number of ether oxygens (including phenoxy) is 1. The number of fused-ring (bicyclic) bond motifs is 3. The van der Waals surface area contributed by atoms with Gasteiger partial charge in [-0.05, 0) is 50.1 Å². The monoisotopic (exact) mass is 343 g/mol. The summed E-state index contributed by atoms with van der Waals surface area (Å²) in [5, 5.41) is 2.28. The van der Waals surface area contributed by atoms with E-state index in [1.54, 1.807) is 7.11 Å². The van der Waals surface area contributed by atoms with Crippen molar-refractivity contribution in [2.45, 2.75) is 20.8 Å². The molecule has 0 amide bonds. The van der Waals surface area contributed by atoms with Gasteiger partial charge in [-0.3, -0.25) is 4.79 Å². The standard InChI is InChI=1S/C23H21NO2/c1-14-9-15(2)23(16(3)10-14)24-21-11-17(13-25)5-7-19(21)20-8-6-18(26-4)12-22(20)24/h5-13H,1-4H3. The highest BCUT2D eigenvalue weighted by Crippen LogP contribution is 2.36. The molecule has 4 aromatic rings. The summed E-state index contributed by atoms with van der Waals surface area (Å²) in [5.41, 5.74) is 7.62. The van der Waals surface area contributed by atoms with Crippen LogP contribution in [0.4, 0.5) is 0 Å². The SMILES string of the molecule is COc1ccc2c3ccc(C=O)cc3n(-c3c(C)cc(C)cc3C)c2c1. The van der Waals surface area contributed by atoms with E-state index < -0.39 is 0 Å². The number of benzene rings is 3. The fourth-order valence-electron chi connectivity index (χ4n) is 3.98. The van der Waals surface area contributed by atoms with Crippen LogP contribution in [0.15, 0.2) is 48.5 Å². The number of aryl methyl sites for hydroxylation is 3. The average Bonchev–Trinajstić information content (AvgIpc) is 2.94. The highest BCUT2D eigenvalue weighted by molar-refractivity contribution is 6.10. The predicted molar refractivity (Wildman–Crippen MR) is 107 cm³/mol. The van der Waals surface area contributed by atoms with Crippen LogP contribution in [0, 0.1) is 20.8 Å². The van der Waals surface area contributed by atoms with Crippen molar-refractivity contribution in [3.05, 3.63) is 70.8 Å². The first-order valence-corrected chi connectivity index (χ1v) is 8.69. The van der Waals surface area contributed by atoms with E-state index in [2.05, 4.69) is 49.6 Å². The molecule has 0 fully saturated rings. The van der Waals surface area contributed by atoms with E-state index in [1.807, 2.05) is 24.3 Å². The van der Waals surface area contributed by atoms with Gasteiger partial charge in [0.05, 0.1) is 23.8 Å². The average molecular weight is 343 g/mol. The van der Waals surface area contributed by atoms with E-state index in [-0.39, 0.29) is 0 Å². The van der Waals surface area contributed by atoms with Crippen molar-refractivity contribution in [3.63, 3.8) is 0 Å². The van der Waals surface area contributed by atoms with E-state index in [9.17, 15) is 4.79 Å². The van der Waals surface area contributed by atoms with Crippen LogP contribution in [0.25, 0.3) is 27.5 Å². The topological polar surface area (TPSA) is 31.2 Å². The summed E-state index contributed by atoms with van der Waals surface area (Å²) in [6.07, 6.45) is 0.900. The molecule has 0 bridgehead atoms. The first-order chi connectivity index (χ1) is 12.5. The zero-order chi connectivity index (χ0) is 18.4. The third-order valence-electron chi connectivity index (χ3n) is 4.99. The Morgan fingerprint density at radius 2 is 1.46 bits per heavy atom. The largest absolute Gasteiger partial charge is 0.497 e. The molecule has 0 aliphatic heterocycles. The van der Waals surface area contributed by atoms with Crippen LogP contribution in [0.3, 0.4) is 0 Å². The van der Waals surface area contributed by atoms with Crippen LogP contribution in [-0.4, -0.2) is 18.0 Å². The fourth-order valence-corrected chi connectivity index (χ4v) is 3.98. The van der Waals surface area contributed by atoms with Gasteiger partial charge in [-0.2, -0.15) is 0 Å². The number of hydrogen-bond donors (Lipinski definition) is 0. The van der Waals surface area contributed by atoms with Gasteiger partial charge < -0.3 is 9.30 Å². The first kappa shape index (κ1) is 16.4. The zero-order valence-corrected chi connectivity index (χ0v) is 15.5. The summed E-state index contributed by atoms with van der Waals surface area (Å²) in [5.74, 6) is 0.819. The molecule has 0 spiro atoms. The lowest BCUT2D eigenvalue weighted by Crippen LogP contribution is -2.01. The van der Waals surface area contributed by atoms with Crippen molar-refractivity contribution in [2.24, 2.45) is 0 Å². The van der Waals surface area contributed by atoms with Gasteiger partial charge in [0.1, 0.15) is 12.0 Å². The smallest absolute Gasteiger partial charge is 0.150 e. The summed E-state index contributed by atoms with van der Waals surface area (Å²) < 4.78 is 7.72. The van der Waals surface area contributed by atoms with E-state index >= 15 is 0 Å². The van der Waals surface area contributed by atoms with Crippen LogP contribution >= 0.6 is 0 Å². The molecule has 3 aromatic carbocycles. The molecule has 0 unspecified atom stereocenters. The lowest BCUT2D eigenvalue weighted by molar-refractivity contribution is 0.112. The minimum absolute atomic E-state index is 0.677. The van der Waals surface area contributed by atoms with Crippen molar-refractivity contribution in [1.29, 1.82) is 0 Å². The summed E-state index contributed by atoms with van der Waals surface area (Å²) in [6, 6.07) is 16.4. The van der Waals surface area contributed by atoms with E-state index in [0.717, 1.165) is 39.5 Å². The number of hydrogen-bond acceptors (Lipinski definition) is 2. The third kappa shape index (κ3) is 2.39. The summed E-state index contributed by atoms with van der Waals surface area (Å²) in [4.78, 5) is 11.4. The van der Waals surface area contributed by atoms with E-state index in [1.165, 1.54) is 16.7 Å². The molecule has 0 radical (unpaired) electrons. The van der Waals surface area contributed by atoms with Crippen molar-refractivity contribution >= 4 is 28.1 Å². The summed E-state index contributed by atoms with van der Waals surface area (Å²) in [7, 11) is 1.68. The Balaban J connectivity index is 2.22. The molecule has 1 aromatic heterocycles. The number of nitrogens with zero attached hydrogens (tertiary/aromatic N) is 1. The van der Waals surface area contributed by atoms with Crippen molar-refractivity contribution < 1.29 is 9.53 Å². The van der Waals surface area contributed by atoms with Gasteiger partial charge in [-0.1, -0.05) is 29.8 Å². The van der Waals surface area contributed by atoms with Crippen LogP contribution in [-0.2, 0) is 0 Å². The maximum atomic E-state index is 11.4. The quantitative estimate of drug-likeness (QED) is 0.458. The molecule has 0 aliphatic rings. The minimum Gasteiger partial charge on any atom is -0.497 e. The molecule has 0 N–H and O–H groups in total. The van der Waals surface area contributed by atoms with Gasteiger partial charge in [0.15, 0.2) is 0 Å². The molecule has 130 valence electrons. The molecular formula is C23H21NO2. The second kappa shape index (κ2) is 6.03. The molecule has 3 nitrogen and oxygen atoms in total. The minimum atomic E-state index is 0.677. The van der Waals surface area contributed by atoms with Gasteiger partial charge >= 0.3 is 0 Å². The second-order valence-corrected chi connectivity index (χ2v) is 6.86. The summed E-state index contributed by atoms with van der Waals surface area (Å²) >= 11 is 0. The molecule has 26 heavy (non-hydrogen) atoms. The Kier molecular flexibility index (Phi) is 3.80. The van der Waals surface area contributed by atoms with Crippen molar-refractivity contribution in [2.75, 3.05) is 7.11 Å². The second-order valence-electron chi connectivity index (χ2n) is 6.86. The van der Waals surface area contributed by atoms with Crippen LogP contribution in [0.1, 0.15) is 27.0 Å². The van der Waals surface area contributed by atoms with Crippen LogP contribution in [0.5, 0.6) is 5.75 Å². The molecule has 1 heterocycles. The number of methoxy groups -OCH3 is 1. The van der Waals surface area contributed by atoms with Crippen molar-refractivity contribution in [1.82, 2.24) is 4.57 Å². The summed E-state index contributed by atoms with van der Waals surface area (Å²) in [6.45, 7) is 6.39. The Labute approximate surface area is 152 Å². The number of aldehydes is 1. The molecular weight excluding hydrogens is 322 g/mol. The fraction of sp³-hybridized carbons (Fsp3) is 0.174. The normalized spacial score (nSPS) is 11.2. The van der Waals surface area contributed by atoms with Gasteiger partial charge in [0, 0.05) is 22.4 Å². The van der Waals surface area contributed by atoms with Gasteiger partial charge in [-0.15, -0.1) is 0 Å². The lowest BCUT2D eigenvalue weighted by Gasteiger charge is -2.16.